The molecule has 0 aliphatic heterocycles. The second kappa shape index (κ2) is 6.52. The zero-order chi connectivity index (χ0) is 14.5. The lowest BCUT2D eigenvalue weighted by molar-refractivity contribution is -0.131. The summed E-state index contributed by atoms with van der Waals surface area (Å²) in [5, 5.41) is 2.99. The predicted octanol–water partition coefficient (Wildman–Crippen LogP) is 3.77. The first-order valence-corrected chi connectivity index (χ1v) is 7.28. The summed E-state index contributed by atoms with van der Waals surface area (Å²) in [5.74, 6) is 1.22. The van der Waals surface area contributed by atoms with Crippen LogP contribution in [0.25, 0.3) is 0 Å². The van der Waals surface area contributed by atoms with E-state index in [9.17, 15) is 4.79 Å². The minimum Gasteiger partial charge on any atom is -0.486 e. The van der Waals surface area contributed by atoms with Gasteiger partial charge in [-0.2, -0.15) is 0 Å². The molecule has 0 saturated heterocycles. The van der Waals surface area contributed by atoms with Gasteiger partial charge in [0.25, 0.3) is 0 Å². The van der Waals surface area contributed by atoms with Gasteiger partial charge in [0, 0.05) is 18.4 Å². The van der Waals surface area contributed by atoms with Gasteiger partial charge < -0.3 is 9.47 Å². The molecular formula is C15H17NO3S. The van der Waals surface area contributed by atoms with Crippen LogP contribution < -0.4 is 9.47 Å². The standard InChI is InChI=1S/C15H17NO3S/c1-10(2)14-9-20-15(16-14)8-18-12-5-4-6-13(7-12)19-11(3)17/h4-7,9-10H,8H2,1-3H3. The van der Waals surface area contributed by atoms with Gasteiger partial charge in [-0.15, -0.1) is 11.3 Å². The van der Waals surface area contributed by atoms with Gasteiger partial charge in [0.2, 0.25) is 0 Å². The Labute approximate surface area is 122 Å². The van der Waals surface area contributed by atoms with Crippen molar-refractivity contribution < 1.29 is 14.3 Å². The highest BCUT2D eigenvalue weighted by Crippen LogP contribution is 2.22. The van der Waals surface area contributed by atoms with Crippen LogP contribution in [0.4, 0.5) is 0 Å². The Hall–Kier alpha value is -1.88. The number of carbonyl (C=O) groups is 1. The predicted molar refractivity (Wildman–Crippen MR) is 78.3 cm³/mol. The number of esters is 1. The Morgan fingerprint density at radius 2 is 2.10 bits per heavy atom. The van der Waals surface area contributed by atoms with Crippen molar-refractivity contribution in [1.29, 1.82) is 0 Å². The highest BCUT2D eigenvalue weighted by Gasteiger charge is 2.07. The van der Waals surface area contributed by atoms with Crippen LogP contribution >= 0.6 is 11.3 Å². The molecule has 4 nitrogen and oxygen atoms in total. The van der Waals surface area contributed by atoms with E-state index in [-0.39, 0.29) is 5.97 Å². The normalized spacial score (nSPS) is 10.6. The lowest BCUT2D eigenvalue weighted by atomic mass is 10.2. The van der Waals surface area contributed by atoms with Crippen molar-refractivity contribution in [3.05, 3.63) is 40.3 Å². The molecule has 1 aromatic carbocycles. The number of benzene rings is 1. The summed E-state index contributed by atoms with van der Waals surface area (Å²) in [6, 6.07) is 7.02. The van der Waals surface area contributed by atoms with E-state index in [2.05, 4.69) is 24.2 Å². The molecule has 1 heterocycles. The molecular weight excluding hydrogens is 274 g/mol. The van der Waals surface area contributed by atoms with Crippen LogP contribution in [0.1, 0.15) is 37.4 Å². The molecule has 2 aromatic rings. The maximum atomic E-state index is 10.9. The van der Waals surface area contributed by atoms with Gasteiger partial charge in [0.1, 0.15) is 23.1 Å². The third-order valence-corrected chi connectivity index (χ3v) is 3.43. The molecule has 0 bridgehead atoms. The zero-order valence-corrected chi connectivity index (χ0v) is 12.6. The van der Waals surface area contributed by atoms with Gasteiger partial charge in [-0.3, -0.25) is 4.79 Å². The molecule has 0 amide bonds. The lowest BCUT2D eigenvalue weighted by Gasteiger charge is -2.06. The molecule has 0 saturated carbocycles. The van der Waals surface area contributed by atoms with Crippen LogP contribution in [-0.4, -0.2) is 11.0 Å². The number of nitrogens with zero attached hydrogens (tertiary/aromatic N) is 1. The van der Waals surface area contributed by atoms with Crippen LogP contribution in [-0.2, 0) is 11.4 Å². The number of hydrogen-bond acceptors (Lipinski definition) is 5. The van der Waals surface area contributed by atoms with Gasteiger partial charge >= 0.3 is 5.97 Å². The summed E-state index contributed by atoms with van der Waals surface area (Å²) in [6.07, 6.45) is 0. The molecule has 1 aromatic heterocycles. The fourth-order valence-electron chi connectivity index (χ4n) is 1.60. The fourth-order valence-corrected chi connectivity index (χ4v) is 2.46. The molecule has 0 aliphatic rings. The molecule has 0 spiro atoms. The molecule has 0 radical (unpaired) electrons. The number of thiazole rings is 1. The van der Waals surface area contributed by atoms with E-state index < -0.39 is 0 Å². The van der Waals surface area contributed by atoms with Crippen LogP contribution in [0.5, 0.6) is 11.5 Å². The molecule has 0 fully saturated rings. The van der Waals surface area contributed by atoms with E-state index in [0.29, 0.717) is 24.0 Å². The highest BCUT2D eigenvalue weighted by atomic mass is 32.1. The molecule has 106 valence electrons. The van der Waals surface area contributed by atoms with E-state index >= 15 is 0 Å². The maximum Gasteiger partial charge on any atom is 0.308 e. The second-order valence-electron chi connectivity index (χ2n) is 4.68. The van der Waals surface area contributed by atoms with Crippen LogP contribution in [0.15, 0.2) is 29.6 Å². The molecule has 5 heteroatoms. The third kappa shape index (κ3) is 4.06. The Balaban J connectivity index is 1.97. The maximum absolute atomic E-state index is 10.9. The van der Waals surface area contributed by atoms with E-state index in [1.807, 2.05) is 6.07 Å². The minimum atomic E-state index is -0.344. The molecule has 0 N–H and O–H groups in total. The third-order valence-electron chi connectivity index (χ3n) is 2.59. The van der Waals surface area contributed by atoms with Gasteiger partial charge in [0.05, 0.1) is 5.69 Å². The monoisotopic (exact) mass is 291 g/mol. The van der Waals surface area contributed by atoms with Crippen molar-refractivity contribution in [2.24, 2.45) is 0 Å². The number of carbonyl (C=O) groups excluding carboxylic acids is 1. The zero-order valence-electron chi connectivity index (χ0n) is 11.8. The average Bonchev–Trinajstić information content (AvgIpc) is 2.85. The second-order valence-corrected chi connectivity index (χ2v) is 5.62. The van der Waals surface area contributed by atoms with Crippen LogP contribution in [0.3, 0.4) is 0 Å². The first-order valence-electron chi connectivity index (χ1n) is 6.40. The van der Waals surface area contributed by atoms with Gasteiger partial charge in [-0.05, 0) is 18.1 Å². The summed E-state index contributed by atoms with van der Waals surface area (Å²) < 4.78 is 10.7. The number of rotatable bonds is 5. The largest absolute Gasteiger partial charge is 0.486 e. The Bertz CT molecular complexity index is 592. The summed E-state index contributed by atoms with van der Waals surface area (Å²) in [7, 11) is 0. The van der Waals surface area contributed by atoms with E-state index in [4.69, 9.17) is 9.47 Å². The van der Waals surface area contributed by atoms with Crippen molar-refractivity contribution in [2.75, 3.05) is 0 Å². The Morgan fingerprint density at radius 3 is 2.75 bits per heavy atom. The van der Waals surface area contributed by atoms with Gasteiger partial charge in [-0.25, -0.2) is 4.98 Å². The topological polar surface area (TPSA) is 48.4 Å². The number of aromatic nitrogens is 1. The quantitative estimate of drug-likeness (QED) is 0.621. The highest BCUT2D eigenvalue weighted by molar-refractivity contribution is 7.09. The van der Waals surface area contributed by atoms with Crippen LogP contribution in [0, 0.1) is 0 Å². The Kier molecular flexibility index (Phi) is 4.74. The Morgan fingerprint density at radius 1 is 1.35 bits per heavy atom. The average molecular weight is 291 g/mol. The summed E-state index contributed by atoms with van der Waals surface area (Å²) in [6.45, 7) is 6.02. The van der Waals surface area contributed by atoms with E-state index in [1.54, 1.807) is 29.5 Å². The summed E-state index contributed by atoms with van der Waals surface area (Å²) >= 11 is 1.59. The van der Waals surface area contributed by atoms with Crippen molar-refractivity contribution in [1.82, 2.24) is 4.98 Å². The van der Waals surface area contributed by atoms with Crippen molar-refractivity contribution in [3.8, 4) is 11.5 Å². The van der Waals surface area contributed by atoms with Crippen molar-refractivity contribution >= 4 is 17.3 Å². The first kappa shape index (κ1) is 14.5. The fraction of sp³-hybridized carbons (Fsp3) is 0.333. The minimum absolute atomic E-state index is 0.344. The lowest BCUT2D eigenvalue weighted by Crippen LogP contribution is -2.01. The summed E-state index contributed by atoms with van der Waals surface area (Å²) in [4.78, 5) is 15.4. The molecule has 20 heavy (non-hydrogen) atoms. The smallest absolute Gasteiger partial charge is 0.308 e. The molecule has 0 unspecified atom stereocenters. The summed E-state index contributed by atoms with van der Waals surface area (Å²) in [5.41, 5.74) is 1.09. The number of ether oxygens (including phenoxy) is 2. The van der Waals surface area contributed by atoms with Crippen LogP contribution in [0.2, 0.25) is 0 Å². The van der Waals surface area contributed by atoms with Gasteiger partial charge in [-0.1, -0.05) is 19.9 Å². The van der Waals surface area contributed by atoms with Gasteiger partial charge in [0.15, 0.2) is 0 Å². The molecule has 0 atom stereocenters. The molecule has 0 aliphatic carbocycles. The SMILES string of the molecule is CC(=O)Oc1cccc(OCc2nc(C(C)C)cs2)c1. The number of hydrogen-bond donors (Lipinski definition) is 0. The van der Waals surface area contributed by atoms with E-state index in [1.165, 1.54) is 6.92 Å². The molecule has 2 rings (SSSR count). The van der Waals surface area contributed by atoms with Crippen molar-refractivity contribution in [2.45, 2.75) is 33.3 Å². The first-order chi connectivity index (χ1) is 9.54. The van der Waals surface area contributed by atoms with Crippen molar-refractivity contribution in [3.63, 3.8) is 0 Å². The van der Waals surface area contributed by atoms with E-state index in [0.717, 1.165) is 10.7 Å².